The molecule has 0 saturated carbocycles. The number of benzene rings is 1. The molecule has 2 rings (SSSR count). The molecule has 0 bridgehead atoms. The molecule has 0 unspecified atom stereocenters. The van der Waals surface area contributed by atoms with Crippen molar-refractivity contribution in [2.24, 2.45) is 0 Å². The first-order chi connectivity index (χ1) is 11.0. The lowest BCUT2D eigenvalue weighted by Gasteiger charge is -2.41. The number of carbonyl (C=O) groups excluding carboxylic acids is 2. The number of ether oxygens (including phenoxy) is 1. The van der Waals surface area contributed by atoms with E-state index < -0.39 is 31.0 Å². The Morgan fingerprint density at radius 3 is 2.61 bits per heavy atom. The lowest BCUT2D eigenvalue weighted by molar-refractivity contribution is -0.169. The van der Waals surface area contributed by atoms with Crippen molar-refractivity contribution in [2.45, 2.75) is 25.5 Å². The molecule has 1 fully saturated rings. The highest BCUT2D eigenvalue weighted by molar-refractivity contribution is 5.86. The average Bonchev–Trinajstić information content (AvgIpc) is 2.54. The van der Waals surface area contributed by atoms with Crippen molar-refractivity contribution in [2.75, 3.05) is 26.7 Å². The summed E-state index contributed by atoms with van der Waals surface area (Å²) < 4.78 is 30.5. The molecule has 1 heterocycles. The zero-order chi connectivity index (χ0) is 17.0. The number of likely N-dealkylation sites (N-methyl/N-ethyl adjacent to an activating group) is 2. The third-order valence-electron chi connectivity index (χ3n) is 3.84. The Bertz CT molecular complexity index is 554. The Hall–Kier alpha value is -2.02. The van der Waals surface area contributed by atoms with E-state index in [1.54, 1.807) is 29.2 Å². The summed E-state index contributed by atoms with van der Waals surface area (Å²) in [7, 11) is 1.31. The number of nitrogens with zero attached hydrogens (tertiary/aromatic N) is 2. The smallest absolute Gasteiger partial charge is 0.255 e. The molecular weight excluding hydrogens is 306 g/mol. The molecule has 1 aliphatic rings. The van der Waals surface area contributed by atoms with Gasteiger partial charge in [-0.05, 0) is 12.5 Å². The highest BCUT2D eigenvalue weighted by Gasteiger charge is 2.42. The van der Waals surface area contributed by atoms with E-state index in [1.165, 1.54) is 7.05 Å². The van der Waals surface area contributed by atoms with Gasteiger partial charge in [-0.2, -0.15) is 0 Å². The molecule has 1 aliphatic heterocycles. The maximum atomic E-state index is 12.5. The van der Waals surface area contributed by atoms with Gasteiger partial charge < -0.3 is 14.5 Å². The molecule has 1 aromatic rings. The molecule has 23 heavy (non-hydrogen) atoms. The van der Waals surface area contributed by atoms with Gasteiger partial charge in [0.25, 0.3) is 12.3 Å². The largest absolute Gasteiger partial charge is 0.356 e. The standard InChI is InChI=1S/C16H20F2N2O3/c1-3-20-13(21)10-23-15(16(22)19(2)9-12(17)18)14(20)11-7-5-4-6-8-11/h4-8,12,14-15H,3,9-10H2,1-2H3/t14-,15+/m1/s1. The van der Waals surface area contributed by atoms with Gasteiger partial charge in [0.1, 0.15) is 6.61 Å². The van der Waals surface area contributed by atoms with Gasteiger partial charge in [-0.15, -0.1) is 0 Å². The molecule has 0 radical (unpaired) electrons. The first kappa shape index (κ1) is 17.3. The maximum Gasteiger partial charge on any atom is 0.255 e. The van der Waals surface area contributed by atoms with Crippen molar-refractivity contribution in [3.63, 3.8) is 0 Å². The second kappa shape index (κ2) is 7.50. The van der Waals surface area contributed by atoms with Crippen LogP contribution in [0.2, 0.25) is 0 Å². The van der Waals surface area contributed by atoms with Crippen molar-refractivity contribution < 1.29 is 23.1 Å². The molecular formula is C16H20F2N2O3. The van der Waals surface area contributed by atoms with E-state index in [1.807, 2.05) is 13.0 Å². The highest BCUT2D eigenvalue weighted by Crippen LogP contribution is 2.31. The number of rotatable bonds is 5. The van der Waals surface area contributed by atoms with E-state index in [0.717, 1.165) is 10.5 Å². The van der Waals surface area contributed by atoms with E-state index in [2.05, 4.69) is 0 Å². The van der Waals surface area contributed by atoms with Gasteiger partial charge in [0, 0.05) is 13.6 Å². The second-order valence-corrected chi connectivity index (χ2v) is 5.38. The fourth-order valence-electron chi connectivity index (χ4n) is 2.75. The van der Waals surface area contributed by atoms with Crippen molar-refractivity contribution in [1.82, 2.24) is 9.80 Å². The Kier molecular flexibility index (Phi) is 5.65. The van der Waals surface area contributed by atoms with Crippen LogP contribution in [0.3, 0.4) is 0 Å². The highest BCUT2D eigenvalue weighted by atomic mass is 19.3. The van der Waals surface area contributed by atoms with Crippen LogP contribution in [-0.2, 0) is 14.3 Å². The molecule has 1 saturated heterocycles. The third kappa shape index (κ3) is 3.85. The Labute approximate surface area is 133 Å². The summed E-state index contributed by atoms with van der Waals surface area (Å²) in [5.74, 6) is -0.771. The zero-order valence-corrected chi connectivity index (χ0v) is 13.1. The van der Waals surface area contributed by atoms with E-state index >= 15 is 0 Å². The van der Waals surface area contributed by atoms with Crippen LogP contribution in [0.4, 0.5) is 8.78 Å². The van der Waals surface area contributed by atoms with Crippen LogP contribution >= 0.6 is 0 Å². The summed E-state index contributed by atoms with van der Waals surface area (Å²) >= 11 is 0. The molecule has 0 spiro atoms. The van der Waals surface area contributed by atoms with E-state index in [0.29, 0.717) is 6.54 Å². The van der Waals surface area contributed by atoms with Crippen molar-refractivity contribution >= 4 is 11.8 Å². The van der Waals surface area contributed by atoms with Gasteiger partial charge in [0.2, 0.25) is 5.91 Å². The van der Waals surface area contributed by atoms with E-state index in [-0.39, 0.29) is 12.5 Å². The second-order valence-electron chi connectivity index (χ2n) is 5.38. The number of morpholine rings is 1. The number of hydrogen-bond donors (Lipinski definition) is 0. The first-order valence-corrected chi connectivity index (χ1v) is 7.44. The van der Waals surface area contributed by atoms with E-state index in [4.69, 9.17) is 4.74 Å². The monoisotopic (exact) mass is 326 g/mol. The van der Waals surface area contributed by atoms with Crippen LogP contribution in [0, 0.1) is 0 Å². The molecule has 2 atom stereocenters. The summed E-state index contributed by atoms with van der Waals surface area (Å²) in [6, 6.07) is 8.39. The van der Waals surface area contributed by atoms with Crippen molar-refractivity contribution in [1.29, 1.82) is 0 Å². The molecule has 1 aromatic carbocycles. The van der Waals surface area contributed by atoms with Crippen LogP contribution in [-0.4, -0.2) is 60.9 Å². The average molecular weight is 326 g/mol. The van der Waals surface area contributed by atoms with Crippen LogP contribution in [0.5, 0.6) is 0 Å². The lowest BCUT2D eigenvalue weighted by atomic mass is 9.97. The number of alkyl halides is 2. The normalized spacial score (nSPS) is 21.6. The maximum absolute atomic E-state index is 12.5. The number of amides is 2. The summed E-state index contributed by atoms with van der Waals surface area (Å²) in [5, 5.41) is 0. The van der Waals surface area contributed by atoms with Gasteiger partial charge in [-0.25, -0.2) is 8.78 Å². The number of halogens is 2. The SMILES string of the molecule is CCN1C(=O)CO[C@H](C(=O)N(C)CC(F)F)[C@H]1c1ccccc1. The van der Waals surface area contributed by atoms with Crippen LogP contribution in [0.25, 0.3) is 0 Å². The topological polar surface area (TPSA) is 49.9 Å². The number of carbonyl (C=O) groups is 2. The lowest BCUT2D eigenvalue weighted by Crippen LogP contribution is -2.54. The summed E-state index contributed by atoms with van der Waals surface area (Å²) in [4.78, 5) is 27.1. The van der Waals surface area contributed by atoms with Gasteiger partial charge in [-0.3, -0.25) is 9.59 Å². The number of hydrogen-bond acceptors (Lipinski definition) is 3. The molecule has 7 heteroatoms. The van der Waals surface area contributed by atoms with E-state index in [9.17, 15) is 18.4 Å². The van der Waals surface area contributed by atoms with Crippen molar-refractivity contribution in [3.8, 4) is 0 Å². The van der Waals surface area contributed by atoms with Crippen LogP contribution < -0.4 is 0 Å². The quantitative estimate of drug-likeness (QED) is 0.827. The Morgan fingerprint density at radius 2 is 2.04 bits per heavy atom. The minimum atomic E-state index is -2.62. The molecule has 0 N–H and O–H groups in total. The predicted molar refractivity (Wildman–Crippen MR) is 80.0 cm³/mol. The van der Waals surface area contributed by atoms with Crippen molar-refractivity contribution in [3.05, 3.63) is 35.9 Å². The summed E-state index contributed by atoms with van der Waals surface area (Å²) in [6.45, 7) is 1.32. The molecule has 126 valence electrons. The van der Waals surface area contributed by atoms with Crippen LogP contribution in [0.1, 0.15) is 18.5 Å². The molecule has 2 amide bonds. The predicted octanol–water partition coefficient (Wildman–Crippen LogP) is 1.70. The minimum absolute atomic E-state index is 0.220. The summed E-state index contributed by atoms with van der Waals surface area (Å²) in [5.41, 5.74) is 0.742. The fourth-order valence-corrected chi connectivity index (χ4v) is 2.75. The third-order valence-corrected chi connectivity index (χ3v) is 3.84. The van der Waals surface area contributed by atoms with Gasteiger partial charge in [0.05, 0.1) is 12.6 Å². The summed E-state index contributed by atoms with van der Waals surface area (Å²) in [6.07, 6.45) is -3.61. The zero-order valence-electron chi connectivity index (χ0n) is 13.1. The Morgan fingerprint density at radius 1 is 1.39 bits per heavy atom. The Balaban J connectivity index is 2.32. The minimum Gasteiger partial charge on any atom is -0.356 e. The van der Waals surface area contributed by atoms with Gasteiger partial charge >= 0.3 is 0 Å². The van der Waals surface area contributed by atoms with Gasteiger partial charge in [0.15, 0.2) is 6.10 Å². The van der Waals surface area contributed by atoms with Gasteiger partial charge in [-0.1, -0.05) is 30.3 Å². The van der Waals surface area contributed by atoms with Crippen LogP contribution in [0.15, 0.2) is 30.3 Å². The molecule has 5 nitrogen and oxygen atoms in total. The molecule has 0 aliphatic carbocycles. The fraction of sp³-hybridized carbons (Fsp3) is 0.500. The first-order valence-electron chi connectivity index (χ1n) is 7.44. The molecule has 0 aromatic heterocycles.